The Kier molecular flexibility index (Phi) is 3.88. The first-order valence-corrected chi connectivity index (χ1v) is 8.93. The molecule has 0 N–H and O–H groups in total. The highest BCUT2D eigenvalue weighted by atomic mass is 28.1. The number of hydrogen-bond acceptors (Lipinski definition) is 2. The quantitative estimate of drug-likeness (QED) is 0.788. The van der Waals surface area contributed by atoms with Crippen LogP contribution in [0.2, 0.25) is 0 Å². The molecule has 2 unspecified atom stereocenters. The molecule has 2 nitrogen and oxygen atoms in total. The van der Waals surface area contributed by atoms with Crippen LogP contribution >= 0.6 is 0 Å². The average Bonchev–Trinajstić information content (AvgIpc) is 2.90. The molecule has 2 aromatic rings. The van der Waals surface area contributed by atoms with Gasteiger partial charge in [0.2, 0.25) is 0 Å². The highest BCUT2D eigenvalue weighted by Gasteiger charge is 2.37. The minimum atomic E-state index is -0.635. The van der Waals surface area contributed by atoms with Crippen molar-refractivity contribution in [3.05, 3.63) is 59.7 Å². The van der Waals surface area contributed by atoms with Crippen LogP contribution in [0.1, 0.15) is 43.2 Å². The molecule has 4 rings (SSSR count). The first-order chi connectivity index (χ1) is 11.2. The smallest absolute Gasteiger partial charge is 0.144 e. The van der Waals surface area contributed by atoms with Gasteiger partial charge >= 0.3 is 0 Å². The van der Waals surface area contributed by atoms with Gasteiger partial charge < -0.3 is 9.47 Å². The van der Waals surface area contributed by atoms with E-state index < -0.39 is 5.41 Å². The zero-order valence-corrected chi connectivity index (χ0v) is 14.4. The molecule has 1 fully saturated rings. The van der Waals surface area contributed by atoms with E-state index in [1.165, 1.54) is 22.3 Å². The Morgan fingerprint density at radius 3 is 2.22 bits per heavy atom. The third kappa shape index (κ3) is 2.67. The summed E-state index contributed by atoms with van der Waals surface area (Å²) in [6.07, 6.45) is 3.17. The van der Waals surface area contributed by atoms with Crippen molar-refractivity contribution >= 4 is 10.2 Å². The van der Waals surface area contributed by atoms with Gasteiger partial charge in [0.15, 0.2) is 0 Å². The van der Waals surface area contributed by atoms with Crippen LogP contribution in [0.15, 0.2) is 48.5 Å². The molecular formula is C20H21O2Si. The van der Waals surface area contributed by atoms with Gasteiger partial charge in [-0.25, -0.2) is 0 Å². The van der Waals surface area contributed by atoms with Crippen molar-refractivity contribution in [3.8, 4) is 11.1 Å². The molecule has 0 bridgehead atoms. The fourth-order valence-electron chi connectivity index (χ4n) is 3.93. The Morgan fingerprint density at radius 1 is 1.04 bits per heavy atom. The lowest BCUT2D eigenvalue weighted by atomic mass is 9.92. The molecular weight excluding hydrogens is 300 g/mol. The highest BCUT2D eigenvalue weighted by molar-refractivity contribution is 6.13. The molecule has 2 aliphatic rings. The van der Waals surface area contributed by atoms with Crippen molar-refractivity contribution in [2.75, 3.05) is 6.61 Å². The van der Waals surface area contributed by atoms with Gasteiger partial charge in [0.05, 0.1) is 6.10 Å². The second-order valence-electron chi connectivity index (χ2n) is 6.53. The molecule has 0 aromatic heterocycles. The molecule has 3 radical (unpaired) electrons. The largest absolute Gasteiger partial charge is 0.355 e. The van der Waals surface area contributed by atoms with Gasteiger partial charge in [-0.1, -0.05) is 48.5 Å². The molecule has 117 valence electrons. The number of ether oxygens (including phenoxy) is 2. The lowest BCUT2D eigenvalue weighted by molar-refractivity contribution is -0.220. The van der Waals surface area contributed by atoms with Gasteiger partial charge in [0.1, 0.15) is 15.7 Å². The van der Waals surface area contributed by atoms with E-state index in [1.807, 2.05) is 0 Å². The van der Waals surface area contributed by atoms with E-state index in [4.69, 9.17) is 9.47 Å². The second-order valence-corrected chi connectivity index (χ2v) is 7.30. The van der Waals surface area contributed by atoms with Crippen LogP contribution in [0.3, 0.4) is 0 Å². The predicted octanol–water partition coefficient (Wildman–Crippen LogP) is 4.23. The van der Waals surface area contributed by atoms with Gasteiger partial charge in [0, 0.05) is 12.5 Å². The summed E-state index contributed by atoms with van der Waals surface area (Å²) in [7, 11) is 3.74. The van der Waals surface area contributed by atoms with Gasteiger partial charge in [-0.2, -0.15) is 0 Å². The lowest BCUT2D eigenvalue weighted by Crippen LogP contribution is -2.43. The molecule has 23 heavy (non-hydrogen) atoms. The van der Waals surface area contributed by atoms with Gasteiger partial charge in [-0.05, 0) is 48.4 Å². The summed E-state index contributed by atoms with van der Waals surface area (Å²) in [5.41, 5.74) is 4.73. The molecule has 3 heteroatoms. The number of rotatable bonds is 3. The molecule has 1 aliphatic carbocycles. The molecule has 1 saturated heterocycles. The van der Waals surface area contributed by atoms with Crippen LogP contribution in [-0.4, -0.2) is 28.4 Å². The monoisotopic (exact) mass is 321 g/mol. The van der Waals surface area contributed by atoms with E-state index in [2.05, 4.69) is 65.7 Å². The summed E-state index contributed by atoms with van der Waals surface area (Å²) in [4.78, 5) is 0. The molecule has 2 atom stereocenters. The van der Waals surface area contributed by atoms with Crippen molar-refractivity contribution in [3.63, 3.8) is 0 Å². The predicted molar refractivity (Wildman–Crippen MR) is 92.6 cm³/mol. The van der Waals surface area contributed by atoms with Crippen molar-refractivity contribution in [2.45, 2.75) is 43.6 Å². The topological polar surface area (TPSA) is 18.5 Å². The molecule has 0 saturated carbocycles. The SMILES string of the molecule is CC(OC1([Si])CCCCO1)C1c2ccccc2-c2ccccc21. The van der Waals surface area contributed by atoms with Crippen LogP contribution < -0.4 is 0 Å². The maximum absolute atomic E-state index is 6.37. The van der Waals surface area contributed by atoms with Crippen molar-refractivity contribution in [1.82, 2.24) is 0 Å². The summed E-state index contributed by atoms with van der Waals surface area (Å²) in [5.74, 6) is 0.251. The van der Waals surface area contributed by atoms with E-state index in [0.29, 0.717) is 0 Å². The molecule has 2 aromatic carbocycles. The third-order valence-electron chi connectivity index (χ3n) is 4.96. The van der Waals surface area contributed by atoms with E-state index >= 15 is 0 Å². The van der Waals surface area contributed by atoms with Crippen LogP contribution in [0.5, 0.6) is 0 Å². The Labute approximate surface area is 141 Å². The van der Waals surface area contributed by atoms with Crippen LogP contribution in [0, 0.1) is 0 Å². The zero-order valence-electron chi connectivity index (χ0n) is 13.4. The first-order valence-electron chi connectivity index (χ1n) is 8.43. The first kappa shape index (κ1) is 15.1. The van der Waals surface area contributed by atoms with Crippen molar-refractivity contribution in [1.29, 1.82) is 0 Å². The van der Waals surface area contributed by atoms with Crippen LogP contribution in [0.25, 0.3) is 11.1 Å². The number of hydrogen-bond donors (Lipinski definition) is 0. The fourth-order valence-corrected chi connectivity index (χ4v) is 4.40. The molecule has 0 amide bonds. The van der Waals surface area contributed by atoms with Gasteiger partial charge in [-0.15, -0.1) is 0 Å². The van der Waals surface area contributed by atoms with Crippen LogP contribution in [-0.2, 0) is 9.47 Å². The fraction of sp³-hybridized carbons (Fsp3) is 0.400. The van der Waals surface area contributed by atoms with Crippen LogP contribution in [0.4, 0.5) is 0 Å². The van der Waals surface area contributed by atoms with E-state index in [9.17, 15) is 0 Å². The summed E-state index contributed by atoms with van der Waals surface area (Å²) in [6.45, 7) is 2.91. The standard InChI is InChI=1S/C20H21O2Si/c1-14(22-20(23)12-6-7-13-21-20)19-17-10-4-2-8-15(17)16-9-3-5-11-18(16)19/h2-5,8-11,14,19H,6-7,12-13H2,1H3. The summed E-state index contributed by atoms with van der Waals surface area (Å²) in [6, 6.07) is 17.3. The van der Waals surface area contributed by atoms with E-state index in [0.717, 1.165) is 25.9 Å². The Bertz CT molecular complexity index is 661. The Morgan fingerprint density at radius 2 is 1.65 bits per heavy atom. The molecule has 1 heterocycles. The van der Waals surface area contributed by atoms with Gasteiger partial charge in [0.25, 0.3) is 0 Å². The lowest BCUT2D eigenvalue weighted by Gasteiger charge is -2.38. The Balaban J connectivity index is 1.68. The zero-order chi connectivity index (χ0) is 15.9. The average molecular weight is 321 g/mol. The molecule has 0 spiro atoms. The minimum absolute atomic E-state index is 0.0374. The second kappa shape index (κ2) is 5.89. The summed E-state index contributed by atoms with van der Waals surface area (Å²) in [5, 5.41) is 0. The highest BCUT2D eigenvalue weighted by Crippen LogP contribution is 2.47. The van der Waals surface area contributed by atoms with Crippen molar-refractivity contribution < 1.29 is 9.47 Å². The van der Waals surface area contributed by atoms with E-state index in [1.54, 1.807) is 0 Å². The number of fused-ring (bicyclic) bond motifs is 3. The third-order valence-corrected chi connectivity index (χ3v) is 5.48. The summed E-state index contributed by atoms with van der Waals surface area (Å²) < 4.78 is 12.2. The normalized spacial score (nSPS) is 25.0. The minimum Gasteiger partial charge on any atom is -0.355 e. The van der Waals surface area contributed by atoms with Crippen molar-refractivity contribution in [2.24, 2.45) is 0 Å². The molecule has 1 aliphatic heterocycles. The van der Waals surface area contributed by atoms with Gasteiger partial charge in [-0.3, -0.25) is 0 Å². The summed E-state index contributed by atoms with van der Waals surface area (Å²) >= 11 is 0. The Hall–Kier alpha value is -1.42. The maximum Gasteiger partial charge on any atom is 0.144 e. The van der Waals surface area contributed by atoms with E-state index in [-0.39, 0.29) is 12.0 Å². The maximum atomic E-state index is 6.37. The number of benzene rings is 2.